The molecule has 1 heterocycles. The lowest BCUT2D eigenvalue weighted by atomic mass is 10.2. The van der Waals surface area contributed by atoms with E-state index in [0.29, 0.717) is 12.3 Å². The molecule has 0 saturated heterocycles. The fourth-order valence-electron chi connectivity index (χ4n) is 2.13. The molecule has 0 fully saturated rings. The van der Waals surface area contributed by atoms with Crippen LogP contribution in [0, 0.1) is 6.92 Å². The van der Waals surface area contributed by atoms with Gasteiger partial charge >= 0.3 is 0 Å². The number of aromatic nitrogens is 2. The van der Waals surface area contributed by atoms with Crippen LogP contribution >= 0.6 is 0 Å². The number of nitrogens with zero attached hydrogens (tertiary/aromatic N) is 2. The Balaban J connectivity index is 2.03. The number of hydrogen-bond donors (Lipinski definition) is 2. The van der Waals surface area contributed by atoms with E-state index < -0.39 is 6.10 Å². The zero-order valence-corrected chi connectivity index (χ0v) is 12.8. The zero-order chi connectivity index (χ0) is 15.9. The zero-order valence-electron chi connectivity index (χ0n) is 12.8. The van der Waals surface area contributed by atoms with Crippen LogP contribution in [0.5, 0.6) is 5.75 Å². The molecule has 6 heteroatoms. The third-order valence-corrected chi connectivity index (χ3v) is 3.36. The summed E-state index contributed by atoms with van der Waals surface area (Å²) >= 11 is 0. The number of aliphatic hydroxyl groups excluding tert-OH is 1. The summed E-state index contributed by atoms with van der Waals surface area (Å²) in [6, 6.07) is 9.20. The van der Waals surface area contributed by atoms with Crippen LogP contribution in [-0.2, 0) is 11.3 Å². The molecule has 0 radical (unpaired) electrons. The van der Waals surface area contributed by atoms with Gasteiger partial charge in [-0.15, -0.1) is 0 Å². The van der Waals surface area contributed by atoms with Crippen molar-refractivity contribution >= 4 is 5.91 Å². The third-order valence-electron chi connectivity index (χ3n) is 3.36. The molecule has 0 aliphatic heterocycles. The number of nitrogens with one attached hydrogen (secondary N) is 1. The number of carbonyl (C=O) groups excluding carboxylic acids is 1. The normalized spacial score (nSPS) is 12.0. The molecule has 6 nitrogen and oxygen atoms in total. The minimum Gasteiger partial charge on any atom is -0.481 e. The molecule has 1 aromatic heterocycles. The molecule has 2 aromatic rings. The van der Waals surface area contributed by atoms with Crippen molar-refractivity contribution in [2.45, 2.75) is 26.5 Å². The Bertz CT molecular complexity index is 598. The summed E-state index contributed by atoms with van der Waals surface area (Å²) in [6.07, 6.45) is 0.962. The molecule has 0 spiro atoms. The summed E-state index contributed by atoms with van der Waals surface area (Å²) in [5.41, 5.74) is 1.70. The molecule has 0 aliphatic rings. The highest BCUT2D eigenvalue weighted by Crippen LogP contribution is 2.13. The molecule has 1 aromatic carbocycles. The van der Waals surface area contributed by atoms with Crippen LogP contribution in [0.4, 0.5) is 0 Å². The number of para-hydroxylation sites is 1. The lowest BCUT2D eigenvalue weighted by Gasteiger charge is -2.25. The second kappa shape index (κ2) is 7.61. The summed E-state index contributed by atoms with van der Waals surface area (Å²) in [5, 5.41) is 9.19. The van der Waals surface area contributed by atoms with Crippen molar-refractivity contribution in [2.24, 2.45) is 0 Å². The molecular formula is C16H21N3O3. The highest BCUT2D eigenvalue weighted by molar-refractivity contribution is 5.80. The van der Waals surface area contributed by atoms with Crippen molar-refractivity contribution in [1.82, 2.24) is 14.9 Å². The maximum absolute atomic E-state index is 12.5. The van der Waals surface area contributed by atoms with Gasteiger partial charge in [0.2, 0.25) is 0 Å². The third kappa shape index (κ3) is 4.08. The first-order valence-corrected chi connectivity index (χ1v) is 7.22. The lowest BCUT2D eigenvalue weighted by Crippen LogP contribution is -2.41. The van der Waals surface area contributed by atoms with Crippen molar-refractivity contribution in [3.05, 3.63) is 48.0 Å². The van der Waals surface area contributed by atoms with Crippen LogP contribution in [0.2, 0.25) is 0 Å². The number of ether oxygens (including phenoxy) is 1. The second-order valence-electron chi connectivity index (χ2n) is 5.03. The van der Waals surface area contributed by atoms with Crippen LogP contribution in [0.25, 0.3) is 0 Å². The Hall–Kier alpha value is -2.34. The van der Waals surface area contributed by atoms with Crippen molar-refractivity contribution in [1.29, 1.82) is 0 Å². The van der Waals surface area contributed by atoms with E-state index in [1.54, 1.807) is 30.3 Å². The largest absolute Gasteiger partial charge is 0.481 e. The Kier molecular flexibility index (Phi) is 5.55. The molecule has 2 rings (SSSR count). The van der Waals surface area contributed by atoms with Crippen molar-refractivity contribution < 1.29 is 14.6 Å². The maximum Gasteiger partial charge on any atom is 0.263 e. The fourth-order valence-corrected chi connectivity index (χ4v) is 2.13. The minimum absolute atomic E-state index is 0.104. The van der Waals surface area contributed by atoms with Gasteiger partial charge in [0, 0.05) is 12.2 Å². The quantitative estimate of drug-likeness (QED) is 0.812. The number of benzene rings is 1. The molecule has 1 unspecified atom stereocenters. The van der Waals surface area contributed by atoms with Crippen LogP contribution in [0.3, 0.4) is 0 Å². The molecule has 0 aliphatic carbocycles. The van der Waals surface area contributed by atoms with Crippen LogP contribution < -0.4 is 4.74 Å². The number of imidazole rings is 1. The Morgan fingerprint density at radius 3 is 2.73 bits per heavy atom. The van der Waals surface area contributed by atoms with E-state index in [4.69, 9.17) is 4.74 Å². The Morgan fingerprint density at radius 2 is 2.14 bits per heavy atom. The van der Waals surface area contributed by atoms with Gasteiger partial charge < -0.3 is 19.7 Å². The first kappa shape index (κ1) is 16.0. The molecule has 22 heavy (non-hydrogen) atoms. The average molecular weight is 303 g/mol. The van der Waals surface area contributed by atoms with E-state index in [2.05, 4.69) is 9.97 Å². The number of rotatable bonds is 7. The van der Waals surface area contributed by atoms with Gasteiger partial charge in [-0.1, -0.05) is 18.2 Å². The van der Waals surface area contributed by atoms with E-state index >= 15 is 0 Å². The molecule has 0 bridgehead atoms. The molecule has 2 N–H and O–H groups in total. The van der Waals surface area contributed by atoms with Crippen molar-refractivity contribution in [2.75, 3.05) is 13.2 Å². The number of aryl methyl sites for hydroxylation is 1. The van der Waals surface area contributed by atoms with Gasteiger partial charge in [-0.2, -0.15) is 0 Å². The first-order valence-electron chi connectivity index (χ1n) is 7.22. The van der Waals surface area contributed by atoms with Crippen molar-refractivity contribution in [3.8, 4) is 5.75 Å². The van der Waals surface area contributed by atoms with Crippen LogP contribution in [0.1, 0.15) is 18.3 Å². The average Bonchev–Trinajstić information content (AvgIpc) is 2.92. The van der Waals surface area contributed by atoms with E-state index in [1.807, 2.05) is 25.1 Å². The van der Waals surface area contributed by atoms with Crippen LogP contribution in [0.15, 0.2) is 36.7 Å². The molecule has 118 valence electrons. The summed E-state index contributed by atoms with van der Waals surface area (Å²) in [7, 11) is 0. The van der Waals surface area contributed by atoms with Gasteiger partial charge in [0.05, 0.1) is 25.2 Å². The number of aromatic amines is 1. The van der Waals surface area contributed by atoms with Crippen LogP contribution in [-0.4, -0.2) is 45.1 Å². The van der Waals surface area contributed by atoms with Gasteiger partial charge in [0.25, 0.3) is 5.91 Å². The summed E-state index contributed by atoms with van der Waals surface area (Å²) < 4.78 is 5.65. The first-order chi connectivity index (χ1) is 10.6. The Labute approximate surface area is 129 Å². The SMILES string of the molecule is Cc1[nH]cnc1CN(CCO)C(=O)C(C)Oc1ccccc1. The highest BCUT2D eigenvalue weighted by Gasteiger charge is 2.23. The van der Waals surface area contributed by atoms with Gasteiger partial charge in [-0.3, -0.25) is 4.79 Å². The molecule has 0 saturated carbocycles. The summed E-state index contributed by atoms with van der Waals surface area (Å²) in [6.45, 7) is 4.09. The molecule has 1 atom stereocenters. The number of hydrogen-bond acceptors (Lipinski definition) is 4. The standard InChI is InChI=1S/C16H21N3O3/c1-12-15(18-11-17-12)10-19(8-9-20)16(21)13(2)22-14-6-4-3-5-7-14/h3-7,11,13,20H,8-10H2,1-2H3,(H,17,18). The van der Waals surface area contributed by atoms with Gasteiger partial charge in [0.1, 0.15) is 5.75 Å². The summed E-state index contributed by atoms with van der Waals surface area (Å²) in [5.74, 6) is 0.462. The topological polar surface area (TPSA) is 78.5 Å². The van der Waals surface area contributed by atoms with Crippen molar-refractivity contribution in [3.63, 3.8) is 0 Å². The number of amides is 1. The monoisotopic (exact) mass is 303 g/mol. The maximum atomic E-state index is 12.5. The van der Waals surface area contributed by atoms with Gasteiger partial charge in [0.15, 0.2) is 6.10 Å². The molecular weight excluding hydrogens is 282 g/mol. The summed E-state index contributed by atoms with van der Waals surface area (Å²) in [4.78, 5) is 21.3. The lowest BCUT2D eigenvalue weighted by molar-refractivity contribution is -0.139. The minimum atomic E-state index is -0.631. The molecule has 1 amide bonds. The second-order valence-corrected chi connectivity index (χ2v) is 5.03. The van der Waals surface area contributed by atoms with Gasteiger partial charge in [-0.25, -0.2) is 4.98 Å². The smallest absolute Gasteiger partial charge is 0.263 e. The number of carbonyl (C=O) groups is 1. The van der Waals surface area contributed by atoms with E-state index in [-0.39, 0.29) is 19.1 Å². The van der Waals surface area contributed by atoms with E-state index in [0.717, 1.165) is 11.4 Å². The highest BCUT2D eigenvalue weighted by atomic mass is 16.5. The fraction of sp³-hybridized carbons (Fsp3) is 0.375. The number of H-pyrrole nitrogens is 1. The van der Waals surface area contributed by atoms with E-state index in [1.165, 1.54) is 0 Å². The number of aliphatic hydroxyl groups is 1. The van der Waals surface area contributed by atoms with E-state index in [9.17, 15) is 9.90 Å². The Morgan fingerprint density at radius 1 is 1.41 bits per heavy atom. The predicted molar refractivity (Wildman–Crippen MR) is 82.4 cm³/mol. The predicted octanol–water partition coefficient (Wildman–Crippen LogP) is 1.51. The van der Waals surface area contributed by atoms with Gasteiger partial charge in [-0.05, 0) is 26.0 Å².